The Balaban J connectivity index is 1.09. The van der Waals surface area contributed by atoms with Gasteiger partial charge in [-0.1, -0.05) is 170 Å². The Bertz CT molecular complexity index is 2020. The van der Waals surface area contributed by atoms with Crippen molar-refractivity contribution in [1.82, 2.24) is 10.2 Å². The maximum absolute atomic E-state index is 12.8. The summed E-state index contributed by atoms with van der Waals surface area (Å²) >= 11 is 0. The van der Waals surface area contributed by atoms with E-state index in [0.29, 0.717) is 18.0 Å². The predicted molar refractivity (Wildman–Crippen MR) is 257 cm³/mol. The number of unbranched alkanes of at least 4 members (excludes halogenated alkanes) is 10. The summed E-state index contributed by atoms with van der Waals surface area (Å²) in [5, 5.41) is 15.7. The van der Waals surface area contributed by atoms with E-state index < -0.39 is 6.29 Å². The van der Waals surface area contributed by atoms with E-state index in [4.69, 9.17) is 14.2 Å². The lowest BCUT2D eigenvalue weighted by Gasteiger charge is -2.43. The van der Waals surface area contributed by atoms with E-state index in [1.165, 1.54) is 77.0 Å². The number of carbonyl (C=O) groups is 1. The van der Waals surface area contributed by atoms with Crippen LogP contribution in [0.2, 0.25) is 0 Å². The standard InChI is InChI=1S/C55H71N3O5/c1-4-6-8-10-12-17-36-58(37-18-13-11-9-7-5-2)40-52-42(3)53(46-26-24-43(41-59)25-27-46)63-54(62-52)47-30-28-45(29-31-47)48-21-19-20-44(38-48)39-56-55(60)57-49-32-34-51(35-33-49)61-50-22-15-14-16-23-50/h14-16,19-35,38,42,52-54,59H,4-13,17-18,36-37,39-41H2,1-3H3,(H2,56,57,60)/t42-,52+,53+,54+/m1/s1. The summed E-state index contributed by atoms with van der Waals surface area (Å²) in [5.74, 6) is 1.59. The van der Waals surface area contributed by atoms with Crippen LogP contribution >= 0.6 is 0 Å². The molecule has 5 aromatic carbocycles. The molecule has 1 fully saturated rings. The monoisotopic (exact) mass is 854 g/mol. The van der Waals surface area contributed by atoms with Crippen LogP contribution in [0.25, 0.3) is 11.1 Å². The van der Waals surface area contributed by atoms with Crippen molar-refractivity contribution in [2.24, 2.45) is 5.92 Å². The van der Waals surface area contributed by atoms with Gasteiger partial charge in [-0.15, -0.1) is 0 Å². The van der Waals surface area contributed by atoms with Gasteiger partial charge in [0.1, 0.15) is 11.5 Å². The number of hydrogen-bond donors (Lipinski definition) is 3. The van der Waals surface area contributed by atoms with Crippen molar-refractivity contribution in [3.05, 3.63) is 150 Å². The molecular weight excluding hydrogens is 783 g/mol. The number of ether oxygens (including phenoxy) is 3. The van der Waals surface area contributed by atoms with Crippen LogP contribution in [0.4, 0.5) is 10.5 Å². The van der Waals surface area contributed by atoms with E-state index in [-0.39, 0.29) is 30.8 Å². The van der Waals surface area contributed by atoms with E-state index in [1.54, 1.807) is 0 Å². The number of aliphatic hydroxyl groups is 1. The first-order valence-corrected chi connectivity index (χ1v) is 23.7. The number of aliphatic hydroxyl groups excluding tert-OH is 1. The maximum atomic E-state index is 12.8. The Morgan fingerprint density at radius 3 is 1.90 bits per heavy atom. The van der Waals surface area contributed by atoms with Crippen molar-refractivity contribution < 1.29 is 24.1 Å². The molecule has 0 aromatic heterocycles. The van der Waals surface area contributed by atoms with Gasteiger partial charge in [-0.25, -0.2) is 4.79 Å². The molecule has 0 bridgehead atoms. The van der Waals surface area contributed by atoms with Crippen molar-refractivity contribution in [3.8, 4) is 22.6 Å². The number of nitrogens with one attached hydrogen (secondary N) is 2. The summed E-state index contributed by atoms with van der Waals surface area (Å²) in [6.07, 6.45) is 14.8. The first kappa shape index (κ1) is 47.5. The zero-order valence-electron chi connectivity index (χ0n) is 38.0. The second-order valence-corrected chi connectivity index (χ2v) is 17.2. The van der Waals surface area contributed by atoms with Gasteiger partial charge < -0.3 is 34.9 Å². The van der Waals surface area contributed by atoms with Crippen LogP contribution in [-0.4, -0.2) is 41.8 Å². The van der Waals surface area contributed by atoms with Crippen molar-refractivity contribution in [2.45, 2.75) is 129 Å². The molecule has 1 aliphatic rings. The number of anilines is 1. The molecule has 8 nitrogen and oxygen atoms in total. The molecular formula is C55H71N3O5. The lowest BCUT2D eigenvalue weighted by molar-refractivity contribution is -0.276. The maximum Gasteiger partial charge on any atom is 0.319 e. The highest BCUT2D eigenvalue weighted by Crippen LogP contribution is 2.42. The van der Waals surface area contributed by atoms with E-state index in [9.17, 15) is 9.90 Å². The van der Waals surface area contributed by atoms with Gasteiger partial charge in [-0.3, -0.25) is 0 Å². The molecule has 63 heavy (non-hydrogen) atoms. The SMILES string of the molecule is CCCCCCCCN(CCCCCCCC)C[C@@H]1O[C@H](c2ccc(-c3cccc(CNC(=O)Nc4ccc(Oc5ccccc5)cc4)c3)cc2)O[C@H](c2ccc(CO)cc2)[C@@H]1C. The Labute approximate surface area is 377 Å². The highest BCUT2D eigenvalue weighted by Gasteiger charge is 2.39. The fraction of sp³-hybridized carbons (Fsp3) is 0.436. The largest absolute Gasteiger partial charge is 0.457 e. The molecule has 1 saturated heterocycles. The zero-order chi connectivity index (χ0) is 44.1. The smallest absolute Gasteiger partial charge is 0.319 e. The fourth-order valence-corrected chi connectivity index (χ4v) is 8.39. The van der Waals surface area contributed by atoms with Gasteiger partial charge in [0.2, 0.25) is 0 Å². The molecule has 4 atom stereocenters. The van der Waals surface area contributed by atoms with E-state index in [2.05, 4.69) is 84.8 Å². The number of para-hydroxylation sites is 1. The first-order chi connectivity index (χ1) is 30.9. The minimum absolute atomic E-state index is 0.0134. The average Bonchev–Trinajstić information content (AvgIpc) is 3.32. The third-order valence-corrected chi connectivity index (χ3v) is 12.2. The summed E-state index contributed by atoms with van der Waals surface area (Å²) in [7, 11) is 0. The molecule has 6 rings (SSSR count). The minimum Gasteiger partial charge on any atom is -0.457 e. The number of hydrogen-bond acceptors (Lipinski definition) is 6. The first-order valence-electron chi connectivity index (χ1n) is 23.7. The molecule has 3 N–H and O–H groups in total. The summed E-state index contributed by atoms with van der Waals surface area (Å²) in [4.78, 5) is 15.5. The Hall–Kier alpha value is -4.99. The van der Waals surface area contributed by atoms with Gasteiger partial charge in [-0.2, -0.15) is 0 Å². The van der Waals surface area contributed by atoms with Gasteiger partial charge in [0, 0.05) is 30.3 Å². The predicted octanol–water partition coefficient (Wildman–Crippen LogP) is 13.8. The third-order valence-electron chi connectivity index (χ3n) is 12.2. The lowest BCUT2D eigenvalue weighted by atomic mass is 9.89. The summed E-state index contributed by atoms with van der Waals surface area (Å²) in [6.45, 7) is 10.3. The number of nitrogens with zero attached hydrogens (tertiary/aromatic N) is 1. The fourth-order valence-electron chi connectivity index (χ4n) is 8.39. The van der Waals surface area contributed by atoms with Gasteiger partial charge >= 0.3 is 6.03 Å². The molecule has 0 saturated carbocycles. The van der Waals surface area contributed by atoms with Crippen LogP contribution in [0, 0.1) is 5.92 Å². The van der Waals surface area contributed by atoms with Gasteiger partial charge in [0.15, 0.2) is 6.29 Å². The molecule has 1 heterocycles. The van der Waals surface area contributed by atoms with Crippen LogP contribution in [-0.2, 0) is 22.6 Å². The second-order valence-electron chi connectivity index (χ2n) is 17.2. The summed E-state index contributed by atoms with van der Waals surface area (Å²) in [6, 6.07) is 41.6. The van der Waals surface area contributed by atoms with E-state index >= 15 is 0 Å². The Morgan fingerprint density at radius 1 is 0.635 bits per heavy atom. The summed E-state index contributed by atoms with van der Waals surface area (Å²) < 4.78 is 19.7. The Morgan fingerprint density at radius 2 is 1.25 bits per heavy atom. The summed E-state index contributed by atoms with van der Waals surface area (Å²) in [5.41, 5.74) is 6.80. The van der Waals surface area contributed by atoms with Gasteiger partial charge in [0.05, 0.1) is 18.8 Å². The molecule has 5 aromatic rings. The van der Waals surface area contributed by atoms with Crippen molar-refractivity contribution in [2.75, 3.05) is 25.0 Å². The van der Waals surface area contributed by atoms with Crippen LogP contribution in [0.3, 0.4) is 0 Å². The zero-order valence-corrected chi connectivity index (χ0v) is 38.0. The van der Waals surface area contributed by atoms with Crippen molar-refractivity contribution in [3.63, 3.8) is 0 Å². The molecule has 0 radical (unpaired) electrons. The number of carbonyl (C=O) groups excluding carboxylic acids is 1. The van der Waals surface area contributed by atoms with Crippen LogP contribution < -0.4 is 15.4 Å². The molecule has 8 heteroatoms. The molecule has 0 spiro atoms. The molecule has 2 amide bonds. The number of benzene rings is 5. The normalized spacial score (nSPS) is 17.4. The van der Waals surface area contributed by atoms with Crippen LogP contribution in [0.5, 0.6) is 11.5 Å². The number of amides is 2. The number of rotatable bonds is 25. The van der Waals surface area contributed by atoms with Gasteiger partial charge in [-0.05, 0) is 96.2 Å². The molecule has 336 valence electrons. The topological polar surface area (TPSA) is 92.3 Å². The molecule has 0 unspecified atom stereocenters. The minimum atomic E-state index is -0.519. The Kier molecular flexibility index (Phi) is 19.6. The second kappa shape index (κ2) is 26.0. The number of urea groups is 1. The van der Waals surface area contributed by atoms with E-state index in [0.717, 1.165) is 58.8 Å². The van der Waals surface area contributed by atoms with Gasteiger partial charge in [0.25, 0.3) is 0 Å². The van der Waals surface area contributed by atoms with Crippen LogP contribution in [0.15, 0.2) is 127 Å². The lowest BCUT2D eigenvalue weighted by Crippen LogP contribution is -2.45. The highest BCUT2D eigenvalue weighted by molar-refractivity contribution is 5.89. The quantitative estimate of drug-likeness (QED) is 0.0507. The molecule has 0 aliphatic carbocycles. The van der Waals surface area contributed by atoms with E-state index in [1.807, 2.05) is 78.9 Å². The average molecular weight is 854 g/mol. The highest BCUT2D eigenvalue weighted by atomic mass is 16.7. The van der Waals surface area contributed by atoms with Crippen LogP contribution in [0.1, 0.15) is 132 Å². The van der Waals surface area contributed by atoms with Crippen molar-refractivity contribution >= 4 is 11.7 Å². The third kappa shape index (κ3) is 15.4. The molecule has 1 aliphatic heterocycles. The van der Waals surface area contributed by atoms with Crippen molar-refractivity contribution in [1.29, 1.82) is 0 Å².